The van der Waals surface area contributed by atoms with E-state index in [9.17, 15) is 8.42 Å². The van der Waals surface area contributed by atoms with Crippen molar-refractivity contribution in [2.24, 2.45) is 0 Å². The van der Waals surface area contributed by atoms with E-state index in [4.69, 9.17) is 29.7 Å². The Morgan fingerprint density at radius 3 is 2.12 bits per heavy atom. The highest BCUT2D eigenvalue weighted by Gasteiger charge is 2.22. The monoisotopic (exact) mass is 487 g/mol. The number of ether oxygens (including phenoxy) is 4. The highest BCUT2D eigenvalue weighted by Crippen LogP contribution is 2.37. The van der Waals surface area contributed by atoms with Crippen LogP contribution in [0.1, 0.15) is 5.56 Å². The van der Waals surface area contributed by atoms with E-state index in [1.165, 1.54) is 6.33 Å². The van der Waals surface area contributed by atoms with Gasteiger partial charge in [0.1, 0.15) is 19.5 Å². The van der Waals surface area contributed by atoms with E-state index in [2.05, 4.69) is 15.9 Å². The maximum atomic E-state index is 12.1. The van der Waals surface area contributed by atoms with Crippen LogP contribution in [0.5, 0.6) is 11.5 Å². The van der Waals surface area contributed by atoms with Crippen molar-refractivity contribution >= 4 is 32.5 Å². The number of aromatic nitrogens is 2. The number of benzene rings is 2. The molecule has 0 saturated carbocycles. The highest BCUT2D eigenvalue weighted by atomic mass is 32.2. The summed E-state index contributed by atoms with van der Waals surface area (Å²) in [5.41, 5.74) is 1.51. The molecule has 0 aliphatic carbocycles. The summed E-state index contributed by atoms with van der Waals surface area (Å²) in [5, 5.41) is 1.57. The van der Waals surface area contributed by atoms with E-state index in [0.29, 0.717) is 53.5 Å². The Balaban J connectivity index is 2.13. The minimum atomic E-state index is -3.92. The molecule has 1 aromatic heterocycles. The standard InChI is InChI=1S/C23H25N3O7S/c1-5-17-6-8-18(9-7-17)26(33-34(4,27)28)23-19-14-21(31-12-10-29-2)22(32-13-11-30-3)15-20(19)24-16-25-23/h1,6-9,14-16H,10-13H2,2-4H3. The van der Waals surface area contributed by atoms with Gasteiger partial charge in [-0.05, 0) is 30.3 Å². The summed E-state index contributed by atoms with van der Waals surface area (Å²) < 4.78 is 51.2. The predicted molar refractivity (Wildman–Crippen MR) is 127 cm³/mol. The molecule has 10 nitrogen and oxygen atoms in total. The number of rotatable bonds is 12. The lowest BCUT2D eigenvalue weighted by Gasteiger charge is -2.23. The number of hydrogen-bond donors (Lipinski definition) is 0. The van der Waals surface area contributed by atoms with E-state index in [1.807, 2.05) is 0 Å². The molecule has 2 aromatic carbocycles. The Kier molecular flexibility index (Phi) is 8.61. The molecule has 0 radical (unpaired) electrons. The molecule has 0 atom stereocenters. The number of anilines is 2. The van der Waals surface area contributed by atoms with Crippen molar-refractivity contribution in [1.82, 2.24) is 9.97 Å². The fourth-order valence-corrected chi connectivity index (χ4v) is 3.36. The van der Waals surface area contributed by atoms with Crippen LogP contribution in [0, 0.1) is 12.3 Å². The summed E-state index contributed by atoms with van der Waals surface area (Å²) in [5.74, 6) is 3.55. The van der Waals surface area contributed by atoms with Crippen molar-refractivity contribution in [2.45, 2.75) is 0 Å². The van der Waals surface area contributed by atoms with Crippen LogP contribution in [0.15, 0.2) is 42.7 Å². The van der Waals surface area contributed by atoms with E-state index >= 15 is 0 Å². The fourth-order valence-electron chi connectivity index (χ4n) is 2.94. The van der Waals surface area contributed by atoms with E-state index in [1.54, 1.807) is 50.6 Å². The molecule has 0 fully saturated rings. The normalized spacial score (nSPS) is 11.2. The lowest BCUT2D eigenvalue weighted by atomic mass is 10.2. The topological polar surface area (TPSA) is 109 Å². The molecule has 3 aromatic rings. The molecule has 3 rings (SSSR count). The molecule has 11 heteroatoms. The first kappa shape index (κ1) is 25.2. The van der Waals surface area contributed by atoms with Crippen LogP contribution in [-0.2, 0) is 23.9 Å². The van der Waals surface area contributed by atoms with Crippen LogP contribution >= 0.6 is 0 Å². The van der Waals surface area contributed by atoms with Gasteiger partial charge in [0.2, 0.25) is 0 Å². The van der Waals surface area contributed by atoms with Gasteiger partial charge in [-0.1, -0.05) is 5.92 Å². The zero-order valence-corrected chi connectivity index (χ0v) is 19.9. The summed E-state index contributed by atoms with van der Waals surface area (Å²) in [6, 6.07) is 9.94. The van der Waals surface area contributed by atoms with Crippen LogP contribution in [-0.4, -0.2) is 65.3 Å². The lowest BCUT2D eigenvalue weighted by molar-refractivity contribution is 0.132. The summed E-state index contributed by atoms with van der Waals surface area (Å²) in [6.07, 6.45) is 7.68. The van der Waals surface area contributed by atoms with Crippen LogP contribution in [0.25, 0.3) is 10.9 Å². The zero-order valence-electron chi connectivity index (χ0n) is 19.1. The number of nitrogens with zero attached hydrogens (tertiary/aromatic N) is 3. The van der Waals surface area contributed by atoms with E-state index < -0.39 is 10.1 Å². The maximum absolute atomic E-state index is 12.1. The zero-order chi connectivity index (χ0) is 24.6. The lowest BCUT2D eigenvalue weighted by Crippen LogP contribution is -2.23. The van der Waals surface area contributed by atoms with Crippen LogP contribution in [0.3, 0.4) is 0 Å². The summed E-state index contributed by atoms with van der Waals surface area (Å²) >= 11 is 0. The van der Waals surface area contributed by atoms with Crippen molar-refractivity contribution in [3.8, 4) is 23.8 Å². The Hall–Kier alpha value is -3.43. The van der Waals surface area contributed by atoms with Gasteiger partial charge in [-0.2, -0.15) is 13.5 Å². The quantitative estimate of drug-likeness (QED) is 0.215. The van der Waals surface area contributed by atoms with Crippen molar-refractivity contribution in [3.63, 3.8) is 0 Å². The Bertz CT molecular complexity index is 1260. The van der Waals surface area contributed by atoms with Crippen molar-refractivity contribution in [2.75, 3.05) is 52.0 Å². The first-order chi connectivity index (χ1) is 16.4. The van der Waals surface area contributed by atoms with E-state index in [-0.39, 0.29) is 12.4 Å². The Morgan fingerprint density at radius 2 is 1.56 bits per heavy atom. The van der Waals surface area contributed by atoms with Crippen molar-refractivity contribution in [1.29, 1.82) is 0 Å². The molecule has 34 heavy (non-hydrogen) atoms. The SMILES string of the molecule is C#Cc1ccc(N(OS(C)(=O)=O)c2ncnc3cc(OCCOC)c(OCCOC)cc23)cc1. The maximum Gasteiger partial charge on any atom is 0.285 e. The molecule has 0 saturated heterocycles. The third kappa shape index (κ3) is 6.55. The molecule has 180 valence electrons. The van der Waals surface area contributed by atoms with Gasteiger partial charge in [-0.3, -0.25) is 0 Å². The second kappa shape index (κ2) is 11.6. The van der Waals surface area contributed by atoms with Gasteiger partial charge in [0, 0.05) is 31.2 Å². The van der Waals surface area contributed by atoms with Gasteiger partial charge in [0.15, 0.2) is 17.3 Å². The smallest absolute Gasteiger partial charge is 0.285 e. The number of methoxy groups -OCH3 is 2. The summed E-state index contributed by atoms with van der Waals surface area (Å²) in [4.78, 5) is 8.60. The third-order valence-corrected chi connectivity index (χ3v) is 4.86. The largest absolute Gasteiger partial charge is 0.487 e. The Morgan fingerprint density at radius 1 is 0.941 bits per heavy atom. The van der Waals surface area contributed by atoms with E-state index in [0.717, 1.165) is 11.3 Å². The average molecular weight is 488 g/mol. The molecule has 0 aliphatic heterocycles. The van der Waals surface area contributed by atoms with Gasteiger partial charge >= 0.3 is 0 Å². The Labute approximate surface area is 198 Å². The minimum absolute atomic E-state index is 0.184. The predicted octanol–water partition coefficient (Wildman–Crippen LogP) is 2.69. The fraction of sp³-hybridized carbons (Fsp3) is 0.304. The van der Waals surface area contributed by atoms with Crippen molar-refractivity contribution < 1.29 is 31.6 Å². The van der Waals surface area contributed by atoms with Crippen LogP contribution < -0.4 is 14.5 Å². The molecular weight excluding hydrogens is 462 g/mol. The van der Waals surface area contributed by atoms with Gasteiger partial charge < -0.3 is 18.9 Å². The molecule has 0 spiro atoms. The number of terminal acetylenes is 1. The second-order valence-corrected chi connectivity index (χ2v) is 8.52. The third-order valence-electron chi connectivity index (χ3n) is 4.44. The molecule has 0 unspecified atom stereocenters. The highest BCUT2D eigenvalue weighted by molar-refractivity contribution is 7.86. The summed E-state index contributed by atoms with van der Waals surface area (Å²) in [7, 11) is -0.774. The first-order valence-corrected chi connectivity index (χ1v) is 12.0. The molecule has 0 N–H and O–H groups in total. The van der Waals surface area contributed by atoms with Crippen molar-refractivity contribution in [3.05, 3.63) is 48.3 Å². The second-order valence-electron chi connectivity index (χ2n) is 6.96. The van der Waals surface area contributed by atoms with Crippen LogP contribution in [0.4, 0.5) is 11.5 Å². The number of fused-ring (bicyclic) bond motifs is 1. The first-order valence-electron chi connectivity index (χ1n) is 10.1. The van der Waals surface area contributed by atoms with Crippen LogP contribution in [0.2, 0.25) is 0 Å². The molecular formula is C23H25N3O7S. The van der Waals surface area contributed by atoms with Gasteiger partial charge in [-0.15, -0.1) is 10.7 Å². The van der Waals surface area contributed by atoms with Gasteiger partial charge in [0.05, 0.1) is 30.7 Å². The average Bonchev–Trinajstić information content (AvgIpc) is 2.82. The number of hydrogen-bond acceptors (Lipinski definition) is 10. The molecule has 0 aliphatic rings. The molecule has 0 amide bonds. The summed E-state index contributed by atoms with van der Waals surface area (Å²) in [6.45, 7) is 1.31. The van der Waals surface area contributed by atoms with Gasteiger partial charge in [0.25, 0.3) is 10.1 Å². The van der Waals surface area contributed by atoms with Gasteiger partial charge in [-0.25, -0.2) is 9.97 Å². The molecule has 1 heterocycles. The molecule has 0 bridgehead atoms. The minimum Gasteiger partial charge on any atom is -0.487 e.